The minimum Gasteiger partial charge on any atom is -0.0931 e. The van der Waals surface area contributed by atoms with Gasteiger partial charge in [0.1, 0.15) is 0 Å². The van der Waals surface area contributed by atoms with E-state index in [1.165, 1.54) is 35.7 Å². The van der Waals surface area contributed by atoms with E-state index in [1.54, 1.807) is 0 Å². The summed E-state index contributed by atoms with van der Waals surface area (Å²) in [6, 6.07) is 0. The van der Waals surface area contributed by atoms with Gasteiger partial charge in [0.15, 0.2) is 6.71 Å². The quantitative estimate of drug-likeness (QED) is 0.414. The van der Waals surface area contributed by atoms with Crippen LogP contribution in [0.3, 0.4) is 0 Å². The van der Waals surface area contributed by atoms with Crippen molar-refractivity contribution in [3.05, 3.63) is 34.9 Å². The molecule has 90 valence electrons. The summed E-state index contributed by atoms with van der Waals surface area (Å²) >= 11 is 0. The Morgan fingerprint density at radius 1 is 0.625 bits per heavy atom. The lowest BCUT2D eigenvalue weighted by Crippen LogP contribution is -2.08. The Hall–Kier alpha value is -0.715. The Kier molecular flexibility index (Phi) is 8.06. The topological polar surface area (TPSA) is 0 Å². The highest BCUT2D eigenvalue weighted by molar-refractivity contribution is 6.60. The van der Waals surface area contributed by atoms with Crippen LogP contribution in [0, 0.1) is 0 Å². The molecule has 0 fully saturated rings. The van der Waals surface area contributed by atoms with Gasteiger partial charge in [-0.1, -0.05) is 53.9 Å². The zero-order valence-electron chi connectivity index (χ0n) is 11.9. The van der Waals surface area contributed by atoms with Gasteiger partial charge in [-0.2, -0.15) is 0 Å². The minimum atomic E-state index is 0.764. The van der Waals surface area contributed by atoms with E-state index < -0.39 is 0 Å². The first kappa shape index (κ1) is 15.3. The van der Waals surface area contributed by atoms with Crippen molar-refractivity contribution in [3.63, 3.8) is 0 Å². The van der Waals surface area contributed by atoms with E-state index in [9.17, 15) is 0 Å². The highest BCUT2D eigenvalue weighted by Crippen LogP contribution is 2.12. The molecule has 16 heavy (non-hydrogen) atoms. The standard InChI is InChI=1S/C15H27B/c1-13(2)7-10-16(11-8-14(3)4)12-9-15(5)6/h7-9H,10-12H2,1-6H3. The maximum absolute atomic E-state index is 2.36. The van der Waals surface area contributed by atoms with Crippen LogP contribution in [0.2, 0.25) is 19.0 Å². The van der Waals surface area contributed by atoms with Crippen LogP contribution in [0.4, 0.5) is 0 Å². The molecule has 0 N–H and O–H groups in total. The van der Waals surface area contributed by atoms with Crippen molar-refractivity contribution in [2.45, 2.75) is 60.5 Å². The minimum absolute atomic E-state index is 0.764. The van der Waals surface area contributed by atoms with Crippen molar-refractivity contribution < 1.29 is 0 Å². The molecule has 0 atom stereocenters. The van der Waals surface area contributed by atoms with Crippen LogP contribution in [0.25, 0.3) is 0 Å². The van der Waals surface area contributed by atoms with Crippen LogP contribution < -0.4 is 0 Å². The van der Waals surface area contributed by atoms with Gasteiger partial charge in [-0.25, -0.2) is 0 Å². The summed E-state index contributed by atoms with van der Waals surface area (Å²) in [6.45, 7) is 13.8. The lowest BCUT2D eigenvalue weighted by molar-refractivity contribution is 1.29. The monoisotopic (exact) mass is 218 g/mol. The van der Waals surface area contributed by atoms with E-state index >= 15 is 0 Å². The van der Waals surface area contributed by atoms with Gasteiger partial charge in [-0.05, 0) is 41.5 Å². The van der Waals surface area contributed by atoms with Crippen molar-refractivity contribution in [2.75, 3.05) is 0 Å². The molecule has 0 aromatic heterocycles. The largest absolute Gasteiger partial charge is 0.151 e. The number of hydrogen-bond donors (Lipinski definition) is 0. The van der Waals surface area contributed by atoms with Crippen LogP contribution in [0.5, 0.6) is 0 Å². The van der Waals surface area contributed by atoms with Crippen LogP contribution >= 0.6 is 0 Å². The molecular weight excluding hydrogens is 191 g/mol. The Balaban J connectivity index is 4.33. The fourth-order valence-electron chi connectivity index (χ4n) is 1.50. The van der Waals surface area contributed by atoms with Crippen LogP contribution in [-0.4, -0.2) is 6.71 Å². The Labute approximate surface area is 103 Å². The highest BCUT2D eigenvalue weighted by Gasteiger charge is 2.08. The Bertz CT molecular complexity index is 222. The number of rotatable bonds is 6. The van der Waals surface area contributed by atoms with Crippen LogP contribution in [0.1, 0.15) is 41.5 Å². The van der Waals surface area contributed by atoms with Gasteiger partial charge in [0.2, 0.25) is 0 Å². The molecule has 0 heterocycles. The molecule has 0 amide bonds. The first-order chi connectivity index (χ1) is 7.41. The summed E-state index contributed by atoms with van der Waals surface area (Å²) in [5.74, 6) is 0. The SMILES string of the molecule is CC(C)=CCB(CC=C(C)C)CC=C(C)C. The molecular formula is C15H27B. The summed E-state index contributed by atoms with van der Waals surface area (Å²) in [4.78, 5) is 0. The lowest BCUT2D eigenvalue weighted by atomic mass is 9.42. The van der Waals surface area contributed by atoms with Crippen LogP contribution in [0.15, 0.2) is 34.9 Å². The maximum atomic E-state index is 2.36. The van der Waals surface area contributed by atoms with Crippen molar-refractivity contribution in [1.82, 2.24) is 0 Å². The normalized spacial score (nSPS) is 9.38. The molecule has 0 radical (unpaired) electrons. The summed E-state index contributed by atoms with van der Waals surface area (Å²) < 4.78 is 0. The highest BCUT2D eigenvalue weighted by atomic mass is 13.9. The summed E-state index contributed by atoms with van der Waals surface area (Å²) in [6.07, 6.45) is 10.7. The van der Waals surface area contributed by atoms with E-state index in [4.69, 9.17) is 0 Å². The van der Waals surface area contributed by atoms with E-state index in [0.717, 1.165) is 6.71 Å². The summed E-state index contributed by atoms with van der Waals surface area (Å²) in [5, 5.41) is 0. The van der Waals surface area contributed by atoms with E-state index in [1.807, 2.05) is 0 Å². The van der Waals surface area contributed by atoms with Gasteiger partial charge < -0.3 is 0 Å². The third-order valence-electron chi connectivity index (χ3n) is 2.58. The van der Waals surface area contributed by atoms with E-state index in [0.29, 0.717) is 0 Å². The van der Waals surface area contributed by atoms with Gasteiger partial charge in [0, 0.05) is 0 Å². The smallest absolute Gasteiger partial charge is 0.0931 e. The van der Waals surface area contributed by atoms with Crippen molar-refractivity contribution in [3.8, 4) is 0 Å². The van der Waals surface area contributed by atoms with Gasteiger partial charge >= 0.3 is 0 Å². The Morgan fingerprint density at radius 2 is 0.875 bits per heavy atom. The third-order valence-corrected chi connectivity index (χ3v) is 2.58. The number of hydrogen-bond acceptors (Lipinski definition) is 0. The van der Waals surface area contributed by atoms with Gasteiger partial charge in [-0.3, -0.25) is 0 Å². The molecule has 0 saturated carbocycles. The van der Waals surface area contributed by atoms with Crippen LogP contribution in [-0.2, 0) is 0 Å². The fourth-order valence-corrected chi connectivity index (χ4v) is 1.50. The molecule has 0 aliphatic carbocycles. The fraction of sp³-hybridized carbons (Fsp3) is 0.600. The van der Waals surface area contributed by atoms with E-state index in [-0.39, 0.29) is 0 Å². The predicted octanol–water partition coefficient (Wildman–Crippen LogP) is 5.38. The van der Waals surface area contributed by atoms with Gasteiger partial charge in [0.25, 0.3) is 0 Å². The van der Waals surface area contributed by atoms with Crippen molar-refractivity contribution in [1.29, 1.82) is 0 Å². The lowest BCUT2D eigenvalue weighted by Gasteiger charge is -2.07. The number of allylic oxidation sites excluding steroid dienone is 6. The molecule has 0 nitrogen and oxygen atoms in total. The van der Waals surface area contributed by atoms with E-state index in [2.05, 4.69) is 59.8 Å². The zero-order chi connectivity index (χ0) is 12.6. The molecule has 0 aromatic carbocycles. The third kappa shape index (κ3) is 9.83. The molecule has 0 spiro atoms. The maximum Gasteiger partial charge on any atom is 0.151 e. The first-order valence-electron chi connectivity index (χ1n) is 6.32. The molecule has 0 bridgehead atoms. The second-order valence-corrected chi connectivity index (χ2v) is 5.42. The molecule has 0 aliphatic rings. The molecule has 0 aromatic rings. The molecule has 1 heteroatoms. The van der Waals surface area contributed by atoms with Crippen molar-refractivity contribution in [2.24, 2.45) is 0 Å². The molecule has 0 aliphatic heterocycles. The zero-order valence-corrected chi connectivity index (χ0v) is 11.9. The average Bonchev–Trinajstić information content (AvgIpc) is 2.15. The summed E-state index contributed by atoms with van der Waals surface area (Å²) in [7, 11) is 0. The summed E-state index contributed by atoms with van der Waals surface area (Å²) in [5.41, 5.74) is 4.29. The Morgan fingerprint density at radius 3 is 1.06 bits per heavy atom. The second-order valence-electron chi connectivity index (χ2n) is 5.42. The molecule has 0 saturated heterocycles. The predicted molar refractivity (Wildman–Crippen MR) is 78.5 cm³/mol. The van der Waals surface area contributed by atoms with Crippen molar-refractivity contribution >= 4 is 6.71 Å². The molecule has 0 unspecified atom stereocenters. The molecule has 0 rings (SSSR count). The van der Waals surface area contributed by atoms with Gasteiger partial charge in [-0.15, -0.1) is 0 Å². The average molecular weight is 218 g/mol. The first-order valence-corrected chi connectivity index (χ1v) is 6.32. The second kappa shape index (κ2) is 8.44. The van der Waals surface area contributed by atoms with Gasteiger partial charge in [0.05, 0.1) is 0 Å².